The Bertz CT molecular complexity index is 150. The third-order valence-corrected chi connectivity index (χ3v) is 2.42. The van der Waals surface area contributed by atoms with Crippen LogP contribution in [0.15, 0.2) is 0 Å². The van der Waals surface area contributed by atoms with E-state index in [1.165, 1.54) is 0 Å². The topological polar surface area (TPSA) is 44.0 Å². The second-order valence-electron chi connectivity index (χ2n) is 3.09. The molecule has 1 rings (SSSR count). The first-order valence-electron chi connectivity index (χ1n) is 3.83. The first-order valence-corrected chi connectivity index (χ1v) is 3.83. The minimum atomic E-state index is -0.238. The van der Waals surface area contributed by atoms with Crippen LogP contribution in [0.4, 0.5) is 0 Å². The normalized spacial score (nSPS) is 40.7. The smallest absolute Gasteiger partial charge is 0.0659 e. The lowest BCUT2D eigenvalue weighted by atomic mass is 9.79. The summed E-state index contributed by atoms with van der Waals surface area (Å²) in [7, 11) is 0. The van der Waals surface area contributed by atoms with Crippen LogP contribution >= 0.6 is 0 Å². The average molecular weight is 139 g/mol. The molecule has 1 saturated carbocycles. The molecule has 1 aliphatic carbocycles. The lowest BCUT2D eigenvalue weighted by molar-refractivity contribution is 0.0591. The van der Waals surface area contributed by atoms with E-state index >= 15 is 0 Å². The largest absolute Gasteiger partial charge is 0.393 e. The summed E-state index contributed by atoms with van der Waals surface area (Å²) in [5, 5.41) is 17.9. The molecule has 1 aliphatic rings. The molecule has 0 saturated heterocycles. The number of hydrogen-bond donors (Lipinski definition) is 1. The van der Waals surface area contributed by atoms with E-state index < -0.39 is 0 Å². The molecule has 0 radical (unpaired) electrons. The third kappa shape index (κ3) is 1.30. The minimum absolute atomic E-state index is 0.0868. The van der Waals surface area contributed by atoms with Gasteiger partial charge >= 0.3 is 0 Å². The van der Waals surface area contributed by atoms with Crippen molar-refractivity contribution in [2.75, 3.05) is 0 Å². The van der Waals surface area contributed by atoms with Crippen molar-refractivity contribution in [3.8, 4) is 6.07 Å². The fourth-order valence-electron chi connectivity index (χ4n) is 1.52. The quantitative estimate of drug-likeness (QED) is 0.550. The molecular formula is C8H13NO. The summed E-state index contributed by atoms with van der Waals surface area (Å²) in [6.07, 6.45) is 2.61. The molecular weight excluding hydrogens is 126 g/mol. The lowest BCUT2D eigenvalue weighted by Gasteiger charge is -2.28. The van der Waals surface area contributed by atoms with E-state index in [1.807, 2.05) is 6.92 Å². The molecule has 2 nitrogen and oxygen atoms in total. The van der Waals surface area contributed by atoms with Gasteiger partial charge in [0.25, 0.3) is 0 Å². The van der Waals surface area contributed by atoms with Crippen molar-refractivity contribution < 1.29 is 5.11 Å². The van der Waals surface area contributed by atoms with E-state index in [9.17, 15) is 5.11 Å². The molecule has 56 valence electrons. The first-order chi connectivity index (χ1) is 4.75. The molecule has 0 aromatic heterocycles. The van der Waals surface area contributed by atoms with E-state index in [0.717, 1.165) is 19.3 Å². The highest BCUT2D eigenvalue weighted by molar-refractivity contribution is 4.92. The van der Waals surface area contributed by atoms with Gasteiger partial charge in [-0.25, -0.2) is 0 Å². The Labute approximate surface area is 61.5 Å². The van der Waals surface area contributed by atoms with Crippen LogP contribution in [0.1, 0.15) is 26.2 Å². The summed E-state index contributed by atoms with van der Waals surface area (Å²) in [5.74, 6) is 0.266. The van der Waals surface area contributed by atoms with E-state index in [0.29, 0.717) is 0 Å². The van der Waals surface area contributed by atoms with Crippen LogP contribution in [0.25, 0.3) is 0 Å². The standard InChI is InChI=1S/C8H13NO/c1-6-7(5-9)3-2-4-8(6)10/h6-8,10H,2-4H2,1H3/t6-,7-,8+/m0/s1. The molecule has 0 bridgehead atoms. The fraction of sp³-hybridized carbons (Fsp3) is 0.875. The van der Waals surface area contributed by atoms with Crippen molar-refractivity contribution >= 4 is 0 Å². The molecule has 0 spiro atoms. The van der Waals surface area contributed by atoms with Gasteiger partial charge in [0.05, 0.1) is 18.1 Å². The van der Waals surface area contributed by atoms with Gasteiger partial charge in [-0.3, -0.25) is 0 Å². The van der Waals surface area contributed by atoms with Gasteiger partial charge in [0.1, 0.15) is 0 Å². The van der Waals surface area contributed by atoms with Gasteiger partial charge in [-0.1, -0.05) is 6.92 Å². The van der Waals surface area contributed by atoms with Crippen LogP contribution in [0, 0.1) is 23.2 Å². The minimum Gasteiger partial charge on any atom is -0.393 e. The molecule has 1 fully saturated rings. The highest BCUT2D eigenvalue weighted by Gasteiger charge is 2.27. The van der Waals surface area contributed by atoms with Crippen molar-refractivity contribution in [1.29, 1.82) is 5.26 Å². The van der Waals surface area contributed by atoms with Gasteiger partial charge in [-0.05, 0) is 25.2 Å². The van der Waals surface area contributed by atoms with E-state index in [4.69, 9.17) is 5.26 Å². The Morgan fingerprint density at radius 3 is 2.70 bits per heavy atom. The maximum Gasteiger partial charge on any atom is 0.0659 e. The van der Waals surface area contributed by atoms with Gasteiger partial charge in [-0.15, -0.1) is 0 Å². The molecule has 0 amide bonds. The number of nitriles is 1. The molecule has 0 aliphatic heterocycles. The summed E-state index contributed by atoms with van der Waals surface area (Å²) in [4.78, 5) is 0. The second-order valence-corrected chi connectivity index (χ2v) is 3.09. The average Bonchev–Trinajstić information content (AvgIpc) is 1.95. The van der Waals surface area contributed by atoms with Crippen molar-refractivity contribution in [3.63, 3.8) is 0 Å². The molecule has 0 heterocycles. The van der Waals surface area contributed by atoms with Gasteiger partial charge in [-0.2, -0.15) is 5.26 Å². The zero-order chi connectivity index (χ0) is 7.56. The highest BCUT2D eigenvalue weighted by atomic mass is 16.3. The van der Waals surface area contributed by atoms with Crippen LogP contribution in [0.5, 0.6) is 0 Å². The maximum atomic E-state index is 9.33. The van der Waals surface area contributed by atoms with Crippen molar-refractivity contribution in [2.45, 2.75) is 32.3 Å². The number of hydrogen-bond acceptors (Lipinski definition) is 2. The van der Waals surface area contributed by atoms with E-state index in [-0.39, 0.29) is 17.9 Å². The van der Waals surface area contributed by atoms with Crippen molar-refractivity contribution in [3.05, 3.63) is 0 Å². The molecule has 10 heavy (non-hydrogen) atoms. The zero-order valence-electron chi connectivity index (χ0n) is 6.25. The van der Waals surface area contributed by atoms with Crippen LogP contribution < -0.4 is 0 Å². The summed E-state index contributed by atoms with van der Waals surface area (Å²) in [6, 6.07) is 2.22. The second kappa shape index (κ2) is 3.03. The molecule has 0 aromatic rings. The number of rotatable bonds is 0. The molecule has 0 unspecified atom stereocenters. The molecule has 1 N–H and O–H groups in total. The predicted octanol–water partition coefficient (Wildman–Crippen LogP) is 1.31. The summed E-state index contributed by atoms with van der Waals surface area (Å²) in [6.45, 7) is 1.96. The zero-order valence-corrected chi connectivity index (χ0v) is 6.25. The third-order valence-electron chi connectivity index (χ3n) is 2.42. The highest BCUT2D eigenvalue weighted by Crippen LogP contribution is 2.28. The van der Waals surface area contributed by atoms with Gasteiger partial charge in [0.15, 0.2) is 0 Å². The van der Waals surface area contributed by atoms with Crippen LogP contribution in [-0.4, -0.2) is 11.2 Å². The molecule has 3 atom stereocenters. The lowest BCUT2D eigenvalue weighted by Crippen LogP contribution is -2.28. The van der Waals surface area contributed by atoms with Crippen LogP contribution in [0.3, 0.4) is 0 Å². The van der Waals surface area contributed by atoms with Crippen LogP contribution in [0.2, 0.25) is 0 Å². The fourth-order valence-corrected chi connectivity index (χ4v) is 1.52. The Hall–Kier alpha value is -0.550. The summed E-state index contributed by atoms with van der Waals surface area (Å²) < 4.78 is 0. The summed E-state index contributed by atoms with van der Waals surface area (Å²) >= 11 is 0. The maximum absolute atomic E-state index is 9.33. The van der Waals surface area contributed by atoms with Crippen molar-refractivity contribution in [2.24, 2.45) is 11.8 Å². The van der Waals surface area contributed by atoms with Gasteiger partial charge in [0, 0.05) is 0 Å². The SMILES string of the molecule is C[C@@H]1[C@H](O)CCC[C@H]1C#N. The predicted molar refractivity (Wildman–Crippen MR) is 38.1 cm³/mol. The molecule has 2 heteroatoms. The Morgan fingerprint density at radius 2 is 2.20 bits per heavy atom. The monoisotopic (exact) mass is 139 g/mol. The van der Waals surface area contributed by atoms with Crippen LogP contribution in [-0.2, 0) is 0 Å². The number of aliphatic hydroxyl groups excluding tert-OH is 1. The first kappa shape index (κ1) is 7.56. The van der Waals surface area contributed by atoms with Gasteiger partial charge < -0.3 is 5.11 Å². The number of aliphatic hydroxyl groups is 1. The van der Waals surface area contributed by atoms with Crippen molar-refractivity contribution in [1.82, 2.24) is 0 Å². The number of nitrogens with zero attached hydrogens (tertiary/aromatic N) is 1. The summed E-state index contributed by atoms with van der Waals surface area (Å²) in [5.41, 5.74) is 0. The van der Waals surface area contributed by atoms with E-state index in [1.54, 1.807) is 0 Å². The molecule has 0 aromatic carbocycles. The van der Waals surface area contributed by atoms with E-state index in [2.05, 4.69) is 6.07 Å². The Balaban J connectivity index is 2.53. The Morgan fingerprint density at radius 1 is 1.50 bits per heavy atom. The van der Waals surface area contributed by atoms with Gasteiger partial charge in [0.2, 0.25) is 0 Å². The Kier molecular flexibility index (Phi) is 2.29.